The summed E-state index contributed by atoms with van der Waals surface area (Å²) < 4.78 is 22.3. The molecule has 16 nitrogen and oxygen atoms in total. The van der Waals surface area contributed by atoms with Gasteiger partial charge in [0.05, 0.1) is 50.1 Å². The Kier molecular flexibility index (Phi) is 11.9. The zero-order valence-electron chi connectivity index (χ0n) is 33.8. The largest absolute Gasteiger partial charge is 0.453 e. The third-order valence-corrected chi connectivity index (χ3v) is 11.7. The second kappa shape index (κ2) is 17.2. The van der Waals surface area contributed by atoms with E-state index in [-0.39, 0.29) is 35.7 Å². The van der Waals surface area contributed by atoms with Crippen LogP contribution in [0.5, 0.6) is 23.0 Å². The SMILES string of the molecule is CC[C@H](C)[C@H](NC(=O)OC)C(=O)N1CCC[C@H]1c1ncc(-c2ccc3c(c2)Oc2ccc(-c4cnc([C@@H]5CCCN5C(=O)[C@@H](NC(=O)OC)[C@@H](C)CC)[nH]4)cc2O3)[nH]1. The molecule has 4 amide bonds. The lowest BCUT2D eigenvalue weighted by molar-refractivity contribution is -0.136. The highest BCUT2D eigenvalue weighted by Crippen LogP contribution is 2.48. The molecule has 58 heavy (non-hydrogen) atoms. The van der Waals surface area contributed by atoms with Crippen LogP contribution < -0.4 is 20.1 Å². The van der Waals surface area contributed by atoms with Crippen LogP contribution in [0, 0.1) is 11.8 Å². The number of likely N-dealkylation sites (tertiary alicyclic amines) is 2. The molecule has 0 aliphatic carbocycles. The Morgan fingerprint density at radius 2 is 1.12 bits per heavy atom. The minimum absolute atomic E-state index is 0.0768. The van der Waals surface area contributed by atoms with Crippen LogP contribution in [-0.4, -0.2) is 93.1 Å². The number of ether oxygens (including phenoxy) is 4. The van der Waals surface area contributed by atoms with Gasteiger partial charge in [0.2, 0.25) is 11.8 Å². The highest BCUT2D eigenvalue weighted by molar-refractivity contribution is 5.87. The highest BCUT2D eigenvalue weighted by atomic mass is 16.6. The molecule has 5 heterocycles. The lowest BCUT2D eigenvalue weighted by Crippen LogP contribution is -2.51. The van der Waals surface area contributed by atoms with Gasteiger partial charge in [0.15, 0.2) is 23.0 Å². The maximum atomic E-state index is 13.7. The molecule has 0 unspecified atom stereocenters. The van der Waals surface area contributed by atoms with Crippen molar-refractivity contribution in [1.29, 1.82) is 0 Å². The van der Waals surface area contributed by atoms with Crippen LogP contribution in [0.2, 0.25) is 0 Å². The summed E-state index contributed by atoms with van der Waals surface area (Å²) in [6.07, 6.45) is 6.82. The van der Waals surface area contributed by atoms with E-state index < -0.39 is 24.3 Å². The van der Waals surface area contributed by atoms with Crippen LogP contribution in [-0.2, 0) is 19.1 Å². The predicted molar refractivity (Wildman–Crippen MR) is 213 cm³/mol. The van der Waals surface area contributed by atoms with Crippen LogP contribution >= 0.6 is 0 Å². The number of imidazole rings is 2. The Bertz CT molecular complexity index is 2000. The smallest absolute Gasteiger partial charge is 0.407 e. The molecule has 4 N–H and O–H groups in total. The number of nitrogens with zero attached hydrogens (tertiary/aromatic N) is 4. The number of aromatic amines is 2. The number of hydrogen-bond acceptors (Lipinski definition) is 10. The minimum Gasteiger partial charge on any atom is -0.453 e. The molecule has 6 atom stereocenters. The topological polar surface area (TPSA) is 193 Å². The summed E-state index contributed by atoms with van der Waals surface area (Å²) in [7, 11) is 2.58. The standard InChI is InChI=1S/C42H52N8O8/c1-7-23(3)35(47-41(53)55-5)39(51)49-17-9-11-29(49)37-43-21-27(45-37)25-13-15-31-33(19-25)57-32-16-14-26(20-34(32)58-31)28-22-44-38(46-28)30-12-10-18-50(30)40(52)36(24(4)8-2)48-42(54)56-6/h13-16,19-24,29-30,35-36H,7-12,17-18H2,1-6H3,(H,43,45)(H,44,46)(H,47,53)(H,48,54)/t23-,24-,29-,30-,35-,36-/m0/s1. The number of fused-ring (bicyclic) bond motifs is 2. The number of methoxy groups -OCH3 is 2. The Hall–Kier alpha value is -6.06. The van der Waals surface area contributed by atoms with Gasteiger partial charge < -0.3 is 49.3 Å². The molecule has 2 fully saturated rings. The van der Waals surface area contributed by atoms with Crippen LogP contribution in [0.1, 0.15) is 90.0 Å². The van der Waals surface area contributed by atoms with Gasteiger partial charge in [-0.2, -0.15) is 0 Å². The molecule has 308 valence electrons. The number of rotatable bonds is 12. The van der Waals surface area contributed by atoms with Gasteiger partial charge in [-0.25, -0.2) is 19.6 Å². The summed E-state index contributed by atoms with van der Waals surface area (Å²) >= 11 is 0. The van der Waals surface area contributed by atoms with E-state index in [1.165, 1.54) is 14.2 Å². The first-order valence-corrected chi connectivity index (χ1v) is 20.1. The summed E-state index contributed by atoms with van der Waals surface area (Å²) in [6.45, 7) is 8.99. The second-order valence-electron chi connectivity index (χ2n) is 15.3. The van der Waals surface area contributed by atoms with Gasteiger partial charge in [-0.05, 0) is 73.9 Å². The van der Waals surface area contributed by atoms with Crippen molar-refractivity contribution in [3.05, 3.63) is 60.4 Å². The summed E-state index contributed by atoms with van der Waals surface area (Å²) in [5.41, 5.74) is 3.20. The molecule has 7 rings (SSSR count). The fourth-order valence-electron chi connectivity index (χ4n) is 7.95. The van der Waals surface area contributed by atoms with E-state index in [1.54, 1.807) is 22.2 Å². The molecule has 2 saturated heterocycles. The first-order chi connectivity index (χ1) is 28.0. The minimum atomic E-state index is -0.701. The third kappa shape index (κ3) is 8.04. The molecule has 3 aliphatic heterocycles. The van der Waals surface area contributed by atoms with Crippen LogP contribution in [0.15, 0.2) is 48.8 Å². The van der Waals surface area contributed by atoms with Crippen molar-refractivity contribution in [3.8, 4) is 45.5 Å². The number of hydrogen-bond donors (Lipinski definition) is 4. The number of benzene rings is 2. The number of alkyl carbamates (subject to hydrolysis) is 2. The highest BCUT2D eigenvalue weighted by Gasteiger charge is 2.39. The predicted octanol–water partition coefficient (Wildman–Crippen LogP) is 7.23. The summed E-state index contributed by atoms with van der Waals surface area (Å²) in [5.74, 6) is 3.09. The van der Waals surface area contributed by atoms with E-state index in [2.05, 4.69) is 30.6 Å². The van der Waals surface area contributed by atoms with Crippen molar-refractivity contribution >= 4 is 24.0 Å². The first-order valence-electron chi connectivity index (χ1n) is 20.1. The van der Waals surface area contributed by atoms with E-state index in [4.69, 9.17) is 18.9 Å². The normalized spacial score (nSPS) is 19.1. The number of carbonyl (C=O) groups excluding carboxylic acids is 4. The summed E-state index contributed by atoms with van der Waals surface area (Å²) in [6, 6.07) is 9.42. The first kappa shape index (κ1) is 40.1. The van der Waals surface area contributed by atoms with E-state index >= 15 is 0 Å². The van der Waals surface area contributed by atoms with Crippen molar-refractivity contribution < 1.29 is 38.1 Å². The van der Waals surface area contributed by atoms with E-state index in [0.717, 1.165) is 48.2 Å². The van der Waals surface area contributed by atoms with Gasteiger partial charge in [-0.1, -0.05) is 40.5 Å². The maximum absolute atomic E-state index is 13.7. The van der Waals surface area contributed by atoms with Crippen LogP contribution in [0.25, 0.3) is 22.5 Å². The monoisotopic (exact) mass is 796 g/mol. The third-order valence-electron chi connectivity index (χ3n) is 11.7. The van der Waals surface area contributed by atoms with Gasteiger partial charge in [0.25, 0.3) is 0 Å². The van der Waals surface area contributed by atoms with Crippen molar-refractivity contribution in [2.75, 3.05) is 27.3 Å². The van der Waals surface area contributed by atoms with Crippen molar-refractivity contribution in [2.45, 2.75) is 90.4 Å². The molecule has 0 spiro atoms. The summed E-state index contributed by atoms with van der Waals surface area (Å²) in [5, 5.41) is 5.47. The summed E-state index contributed by atoms with van der Waals surface area (Å²) in [4.78, 5) is 71.5. The van der Waals surface area contributed by atoms with Gasteiger partial charge in [0, 0.05) is 24.2 Å². The molecular weight excluding hydrogens is 745 g/mol. The zero-order valence-corrected chi connectivity index (χ0v) is 33.8. The molecule has 3 aliphatic rings. The van der Waals surface area contributed by atoms with Crippen LogP contribution in [0.3, 0.4) is 0 Å². The fourth-order valence-corrected chi connectivity index (χ4v) is 7.95. The average molecular weight is 797 g/mol. The van der Waals surface area contributed by atoms with E-state index in [9.17, 15) is 19.2 Å². The van der Waals surface area contributed by atoms with Crippen molar-refractivity contribution in [2.24, 2.45) is 11.8 Å². The molecule has 2 aromatic heterocycles. The molecule has 16 heteroatoms. The zero-order chi connectivity index (χ0) is 41.1. The number of H-pyrrole nitrogens is 2. The second-order valence-corrected chi connectivity index (χ2v) is 15.3. The molecule has 0 bridgehead atoms. The lowest BCUT2D eigenvalue weighted by atomic mass is 9.97. The van der Waals surface area contributed by atoms with Gasteiger partial charge in [-0.3, -0.25) is 9.59 Å². The average Bonchev–Trinajstić information content (AvgIpc) is 4.09. The van der Waals surface area contributed by atoms with E-state index in [1.807, 2.05) is 64.1 Å². The molecule has 2 aromatic carbocycles. The Morgan fingerprint density at radius 3 is 1.50 bits per heavy atom. The molecule has 0 radical (unpaired) electrons. The van der Waals surface area contributed by atoms with E-state index in [0.29, 0.717) is 60.6 Å². The molecular formula is C42H52N8O8. The molecule has 4 aromatic rings. The Labute approximate surface area is 337 Å². The van der Waals surface area contributed by atoms with Gasteiger partial charge >= 0.3 is 12.2 Å². The van der Waals surface area contributed by atoms with Gasteiger partial charge in [0.1, 0.15) is 23.7 Å². The Balaban J connectivity index is 1.03. The fraction of sp³-hybridized carbons (Fsp3) is 0.476. The lowest BCUT2D eigenvalue weighted by Gasteiger charge is -2.30. The number of nitrogens with one attached hydrogen (secondary N) is 4. The van der Waals surface area contributed by atoms with Gasteiger partial charge in [-0.15, -0.1) is 0 Å². The van der Waals surface area contributed by atoms with Crippen LogP contribution in [0.4, 0.5) is 9.59 Å². The molecule has 0 saturated carbocycles. The quantitative estimate of drug-likeness (QED) is 0.100. The number of amides is 4. The van der Waals surface area contributed by atoms with Crippen molar-refractivity contribution in [1.82, 2.24) is 40.4 Å². The number of carbonyl (C=O) groups is 4. The maximum Gasteiger partial charge on any atom is 0.407 e. The Morgan fingerprint density at radius 1 is 0.707 bits per heavy atom. The number of aromatic nitrogens is 4. The van der Waals surface area contributed by atoms with Crippen molar-refractivity contribution in [3.63, 3.8) is 0 Å².